The summed E-state index contributed by atoms with van der Waals surface area (Å²) in [6, 6.07) is 12.3. The number of sulfonamides is 1. The molecular formula is C23H26N6O4S. The number of carbonyl (C=O) groups excluding carboxylic acids is 2. The van der Waals surface area contributed by atoms with E-state index in [-0.39, 0.29) is 17.2 Å². The second kappa shape index (κ2) is 8.92. The van der Waals surface area contributed by atoms with Gasteiger partial charge >= 0.3 is 0 Å². The summed E-state index contributed by atoms with van der Waals surface area (Å²) in [5, 5.41) is 0.798. The Bertz CT molecular complexity index is 1520. The molecule has 2 amide bonds. The van der Waals surface area contributed by atoms with Gasteiger partial charge in [-0.2, -0.15) is 0 Å². The highest BCUT2D eigenvalue weighted by atomic mass is 32.2. The Morgan fingerprint density at radius 3 is 2.50 bits per heavy atom. The molecule has 0 spiro atoms. The molecule has 0 saturated heterocycles. The van der Waals surface area contributed by atoms with Gasteiger partial charge in [0.05, 0.1) is 21.5 Å². The Morgan fingerprint density at radius 2 is 1.76 bits per heavy atom. The molecule has 178 valence electrons. The number of nitrogens with zero attached hydrogens (tertiary/aromatic N) is 4. The van der Waals surface area contributed by atoms with Crippen LogP contribution in [0.5, 0.6) is 0 Å². The van der Waals surface area contributed by atoms with Gasteiger partial charge < -0.3 is 9.13 Å². The van der Waals surface area contributed by atoms with Crippen LogP contribution < -0.4 is 10.9 Å². The van der Waals surface area contributed by atoms with Crippen LogP contribution in [0.15, 0.2) is 53.6 Å². The maximum Gasteiger partial charge on any atom is 0.271 e. The molecule has 4 rings (SSSR count). The van der Waals surface area contributed by atoms with Crippen molar-refractivity contribution in [1.82, 2.24) is 29.3 Å². The predicted molar refractivity (Wildman–Crippen MR) is 128 cm³/mol. The minimum atomic E-state index is -3.57. The van der Waals surface area contributed by atoms with Crippen LogP contribution >= 0.6 is 0 Å². The van der Waals surface area contributed by atoms with Crippen LogP contribution in [0.25, 0.3) is 21.9 Å². The average molecular weight is 483 g/mol. The summed E-state index contributed by atoms with van der Waals surface area (Å²) >= 11 is 0. The first kappa shape index (κ1) is 23.5. The van der Waals surface area contributed by atoms with E-state index in [0.29, 0.717) is 23.3 Å². The lowest BCUT2D eigenvalue weighted by atomic mass is 10.2. The Labute approximate surface area is 197 Å². The van der Waals surface area contributed by atoms with E-state index < -0.39 is 15.9 Å². The first-order valence-electron chi connectivity index (χ1n) is 10.6. The van der Waals surface area contributed by atoms with Crippen molar-refractivity contribution in [3.05, 3.63) is 60.0 Å². The van der Waals surface area contributed by atoms with E-state index in [1.807, 2.05) is 47.5 Å². The van der Waals surface area contributed by atoms with Crippen molar-refractivity contribution in [3.63, 3.8) is 0 Å². The molecule has 0 atom stereocenters. The SMILES string of the molecule is CN(C)S(=O)(=O)c1ccc2c(c1)nc(CCC(=O)NNC(=O)c1cn(C)c3ccccc13)n2C. The highest BCUT2D eigenvalue weighted by Gasteiger charge is 2.19. The van der Waals surface area contributed by atoms with Gasteiger partial charge in [-0.25, -0.2) is 17.7 Å². The maximum atomic E-state index is 12.6. The lowest BCUT2D eigenvalue weighted by Crippen LogP contribution is -2.41. The topological polar surface area (TPSA) is 118 Å². The number of nitrogens with one attached hydrogen (secondary N) is 2. The first-order valence-corrected chi connectivity index (χ1v) is 12.0. The van der Waals surface area contributed by atoms with Crippen LogP contribution in [-0.4, -0.2) is 52.8 Å². The van der Waals surface area contributed by atoms with Gasteiger partial charge in [-0.05, 0) is 24.3 Å². The standard InChI is InChI=1S/C23H26N6O4S/c1-27(2)34(32,33)15-9-10-20-18(13-15)24-21(29(20)4)11-12-22(30)25-26-23(31)17-14-28(3)19-8-6-5-7-16(17)19/h5-10,13-14H,11-12H2,1-4H3,(H,25,30)(H,26,31). The lowest BCUT2D eigenvalue weighted by Gasteiger charge is -2.10. The molecule has 10 nitrogen and oxygen atoms in total. The molecule has 0 aliphatic carbocycles. The molecule has 0 aliphatic heterocycles. The van der Waals surface area contributed by atoms with Gasteiger partial charge in [0.2, 0.25) is 15.9 Å². The Balaban J connectivity index is 1.41. The van der Waals surface area contributed by atoms with E-state index >= 15 is 0 Å². The number of hydrogen-bond donors (Lipinski definition) is 2. The third-order valence-corrected chi connectivity index (χ3v) is 7.57. The van der Waals surface area contributed by atoms with Crippen LogP contribution in [0.4, 0.5) is 0 Å². The molecule has 4 aromatic rings. The van der Waals surface area contributed by atoms with Gasteiger partial charge in [-0.3, -0.25) is 20.4 Å². The number of rotatable bonds is 6. The maximum absolute atomic E-state index is 12.6. The molecule has 2 heterocycles. The van der Waals surface area contributed by atoms with Crippen molar-refractivity contribution in [2.24, 2.45) is 14.1 Å². The summed E-state index contributed by atoms with van der Waals surface area (Å²) in [6.07, 6.45) is 2.13. The molecule has 0 aliphatic rings. The largest absolute Gasteiger partial charge is 0.350 e. The summed E-state index contributed by atoms with van der Waals surface area (Å²) in [7, 11) is 3.04. The number of para-hydroxylation sites is 1. The molecular weight excluding hydrogens is 456 g/mol. The highest BCUT2D eigenvalue weighted by molar-refractivity contribution is 7.89. The molecule has 0 fully saturated rings. The van der Waals surface area contributed by atoms with Gasteiger partial charge in [0, 0.05) is 58.1 Å². The van der Waals surface area contributed by atoms with E-state index in [9.17, 15) is 18.0 Å². The van der Waals surface area contributed by atoms with Crippen molar-refractivity contribution in [2.75, 3.05) is 14.1 Å². The summed E-state index contributed by atoms with van der Waals surface area (Å²) in [6.45, 7) is 0. The number of hydrazine groups is 1. The van der Waals surface area contributed by atoms with E-state index in [1.54, 1.807) is 18.3 Å². The lowest BCUT2D eigenvalue weighted by molar-refractivity contribution is -0.121. The number of carbonyl (C=O) groups is 2. The monoisotopic (exact) mass is 482 g/mol. The summed E-state index contributed by atoms with van der Waals surface area (Å²) in [5.41, 5.74) is 7.60. The fourth-order valence-electron chi connectivity index (χ4n) is 3.83. The van der Waals surface area contributed by atoms with Gasteiger partial charge in [0.15, 0.2) is 0 Å². The van der Waals surface area contributed by atoms with Crippen molar-refractivity contribution < 1.29 is 18.0 Å². The number of aryl methyl sites for hydroxylation is 3. The van der Waals surface area contributed by atoms with Crippen LogP contribution in [0.1, 0.15) is 22.6 Å². The highest BCUT2D eigenvalue weighted by Crippen LogP contribution is 2.22. The van der Waals surface area contributed by atoms with E-state index in [0.717, 1.165) is 20.7 Å². The molecule has 0 bridgehead atoms. The molecule has 0 radical (unpaired) electrons. The number of fused-ring (bicyclic) bond motifs is 2. The zero-order valence-electron chi connectivity index (χ0n) is 19.4. The second-order valence-electron chi connectivity index (χ2n) is 8.20. The smallest absolute Gasteiger partial charge is 0.271 e. The van der Waals surface area contributed by atoms with Crippen LogP contribution in [0, 0.1) is 0 Å². The Morgan fingerprint density at radius 1 is 1.03 bits per heavy atom. The summed E-state index contributed by atoms with van der Waals surface area (Å²) in [5.74, 6) is -0.135. The quantitative estimate of drug-likeness (QED) is 0.406. The van der Waals surface area contributed by atoms with Crippen LogP contribution in [0.2, 0.25) is 0 Å². The third kappa shape index (κ3) is 4.27. The minimum absolute atomic E-state index is 0.0931. The minimum Gasteiger partial charge on any atom is -0.350 e. The summed E-state index contributed by atoms with van der Waals surface area (Å²) in [4.78, 5) is 29.6. The molecule has 2 aromatic heterocycles. The Kier molecular flexibility index (Phi) is 6.15. The molecule has 11 heteroatoms. The van der Waals surface area contributed by atoms with Gasteiger partial charge in [0.25, 0.3) is 5.91 Å². The Hall–Kier alpha value is -3.70. The van der Waals surface area contributed by atoms with Crippen molar-refractivity contribution >= 4 is 43.8 Å². The van der Waals surface area contributed by atoms with Crippen LogP contribution in [-0.2, 0) is 35.3 Å². The number of hydrogen-bond acceptors (Lipinski definition) is 5. The first-order chi connectivity index (χ1) is 16.1. The molecule has 2 aromatic carbocycles. The van der Waals surface area contributed by atoms with Crippen molar-refractivity contribution in [3.8, 4) is 0 Å². The van der Waals surface area contributed by atoms with Crippen molar-refractivity contribution in [1.29, 1.82) is 0 Å². The van der Waals surface area contributed by atoms with Crippen molar-refractivity contribution in [2.45, 2.75) is 17.7 Å². The number of amides is 2. The predicted octanol–water partition coefficient (Wildman–Crippen LogP) is 1.71. The van der Waals surface area contributed by atoms with Gasteiger partial charge in [-0.1, -0.05) is 18.2 Å². The van der Waals surface area contributed by atoms with Crippen LogP contribution in [0.3, 0.4) is 0 Å². The fraction of sp³-hybridized carbons (Fsp3) is 0.261. The van der Waals surface area contributed by atoms with Gasteiger partial charge in [0.1, 0.15) is 5.82 Å². The zero-order chi connectivity index (χ0) is 24.6. The number of aromatic nitrogens is 3. The van der Waals surface area contributed by atoms with Gasteiger partial charge in [-0.15, -0.1) is 0 Å². The molecule has 34 heavy (non-hydrogen) atoms. The number of benzene rings is 2. The van der Waals surface area contributed by atoms with E-state index in [4.69, 9.17) is 0 Å². The molecule has 2 N–H and O–H groups in total. The zero-order valence-corrected chi connectivity index (χ0v) is 20.2. The average Bonchev–Trinajstić information content (AvgIpc) is 3.32. The fourth-order valence-corrected chi connectivity index (χ4v) is 4.75. The molecule has 0 unspecified atom stereocenters. The van der Waals surface area contributed by atoms with E-state index in [2.05, 4.69) is 15.8 Å². The van der Waals surface area contributed by atoms with E-state index in [1.165, 1.54) is 20.2 Å². The second-order valence-corrected chi connectivity index (χ2v) is 10.3. The summed E-state index contributed by atoms with van der Waals surface area (Å²) < 4.78 is 29.6. The molecule has 0 saturated carbocycles. The number of imidazole rings is 1. The normalized spacial score (nSPS) is 11.9. The third-order valence-electron chi connectivity index (χ3n) is 5.76.